The molecule has 4 nitrogen and oxygen atoms in total. The Morgan fingerprint density at radius 2 is 1.80 bits per heavy atom. The highest BCUT2D eigenvalue weighted by atomic mass is 15.2. The first-order valence-corrected chi connectivity index (χ1v) is 9.30. The topological polar surface area (TPSA) is 44.0 Å². The third-order valence-corrected chi connectivity index (χ3v) is 5.97. The van der Waals surface area contributed by atoms with Crippen molar-refractivity contribution in [3.05, 3.63) is 48.2 Å². The Balaban J connectivity index is 1.36. The molecule has 0 spiro atoms. The Morgan fingerprint density at radius 1 is 1.04 bits per heavy atom. The van der Waals surface area contributed by atoms with E-state index in [1.807, 2.05) is 0 Å². The van der Waals surface area contributed by atoms with Gasteiger partial charge < -0.3 is 10.2 Å². The summed E-state index contributed by atoms with van der Waals surface area (Å²) in [5, 5.41) is 12.3. The van der Waals surface area contributed by atoms with E-state index in [2.05, 4.69) is 69.8 Å². The fraction of sp³-hybridized carbons (Fsp3) is 0.381. The van der Waals surface area contributed by atoms with E-state index in [4.69, 9.17) is 0 Å². The van der Waals surface area contributed by atoms with Gasteiger partial charge in [-0.15, -0.1) is 0 Å². The number of nitrogens with one attached hydrogen (secondary N) is 2. The molecule has 25 heavy (non-hydrogen) atoms. The molecule has 0 saturated carbocycles. The second kappa shape index (κ2) is 5.88. The summed E-state index contributed by atoms with van der Waals surface area (Å²) >= 11 is 0. The number of H-pyrrole nitrogens is 1. The average molecular weight is 332 g/mol. The van der Waals surface area contributed by atoms with Gasteiger partial charge in [0, 0.05) is 29.4 Å². The van der Waals surface area contributed by atoms with Gasteiger partial charge in [0.1, 0.15) is 0 Å². The highest BCUT2D eigenvalue weighted by Crippen LogP contribution is 2.31. The molecule has 6 rings (SSSR count). The Kier molecular flexibility index (Phi) is 3.52. The van der Waals surface area contributed by atoms with Crippen LogP contribution in [0.5, 0.6) is 0 Å². The van der Waals surface area contributed by atoms with Crippen molar-refractivity contribution in [2.45, 2.75) is 25.8 Å². The number of hydrogen-bond acceptors (Lipinski definition) is 3. The smallest absolute Gasteiger partial charge is 0.0924 e. The van der Waals surface area contributed by atoms with Crippen LogP contribution in [-0.2, 0) is 0 Å². The molecule has 1 aromatic heterocycles. The Hall–Kier alpha value is -2.33. The normalized spacial score (nSPS) is 25.4. The number of aryl methyl sites for hydroxylation is 1. The van der Waals surface area contributed by atoms with E-state index in [-0.39, 0.29) is 0 Å². The summed E-state index contributed by atoms with van der Waals surface area (Å²) in [5.74, 6) is 0.844. The van der Waals surface area contributed by atoms with Crippen molar-refractivity contribution in [1.82, 2.24) is 15.1 Å². The van der Waals surface area contributed by atoms with Crippen LogP contribution >= 0.6 is 0 Å². The van der Waals surface area contributed by atoms with Crippen molar-refractivity contribution in [3.63, 3.8) is 0 Å². The van der Waals surface area contributed by atoms with E-state index in [1.54, 1.807) is 0 Å². The second-order valence-electron chi connectivity index (χ2n) is 7.55. The zero-order valence-electron chi connectivity index (χ0n) is 14.6. The van der Waals surface area contributed by atoms with Gasteiger partial charge in [-0.2, -0.15) is 5.10 Å². The highest BCUT2D eigenvalue weighted by molar-refractivity contribution is 5.86. The molecule has 0 aliphatic carbocycles. The Bertz CT molecular complexity index is 888. The van der Waals surface area contributed by atoms with Crippen molar-refractivity contribution >= 4 is 16.6 Å². The lowest BCUT2D eigenvalue weighted by Crippen LogP contribution is -2.53. The molecule has 1 atom stereocenters. The molecule has 3 saturated heterocycles. The number of aromatic nitrogens is 2. The number of nitrogens with zero attached hydrogens (tertiary/aromatic N) is 2. The van der Waals surface area contributed by atoms with Crippen molar-refractivity contribution < 1.29 is 0 Å². The molecule has 128 valence electrons. The summed E-state index contributed by atoms with van der Waals surface area (Å²) in [4.78, 5) is 2.59. The lowest BCUT2D eigenvalue weighted by Gasteiger charge is -2.45. The molecule has 3 aliphatic heterocycles. The maximum atomic E-state index is 4.31. The fourth-order valence-electron chi connectivity index (χ4n) is 4.42. The second-order valence-corrected chi connectivity index (χ2v) is 7.55. The first-order valence-electron chi connectivity index (χ1n) is 9.30. The van der Waals surface area contributed by atoms with Gasteiger partial charge in [-0.1, -0.05) is 18.2 Å². The molecule has 2 bridgehead atoms. The molecule has 0 amide bonds. The number of piperidine rings is 3. The van der Waals surface area contributed by atoms with Crippen LogP contribution in [0.4, 0.5) is 5.69 Å². The minimum absolute atomic E-state index is 0.610. The molecule has 3 aliphatic rings. The zero-order chi connectivity index (χ0) is 16.8. The van der Waals surface area contributed by atoms with E-state index in [0.29, 0.717) is 6.04 Å². The maximum absolute atomic E-state index is 4.31. The van der Waals surface area contributed by atoms with Crippen LogP contribution in [0.25, 0.3) is 22.0 Å². The molecular weight excluding hydrogens is 308 g/mol. The van der Waals surface area contributed by atoms with Gasteiger partial charge in [0.25, 0.3) is 0 Å². The summed E-state index contributed by atoms with van der Waals surface area (Å²) < 4.78 is 0. The van der Waals surface area contributed by atoms with Crippen LogP contribution in [0.15, 0.2) is 42.5 Å². The molecule has 0 radical (unpaired) electrons. The van der Waals surface area contributed by atoms with Gasteiger partial charge in [-0.3, -0.25) is 5.10 Å². The predicted octanol–water partition coefficient (Wildman–Crippen LogP) is 4.04. The number of benzene rings is 2. The van der Waals surface area contributed by atoms with E-state index in [9.17, 15) is 0 Å². The number of rotatable bonds is 3. The van der Waals surface area contributed by atoms with Gasteiger partial charge in [0.2, 0.25) is 0 Å². The fourth-order valence-corrected chi connectivity index (χ4v) is 4.42. The Labute approximate surface area is 148 Å². The molecule has 2 N–H and O–H groups in total. The first-order chi connectivity index (χ1) is 12.3. The van der Waals surface area contributed by atoms with Crippen LogP contribution in [0, 0.1) is 12.8 Å². The summed E-state index contributed by atoms with van der Waals surface area (Å²) in [7, 11) is 0. The maximum Gasteiger partial charge on any atom is 0.0924 e. The van der Waals surface area contributed by atoms with E-state index in [1.165, 1.54) is 54.7 Å². The van der Waals surface area contributed by atoms with Crippen LogP contribution in [-0.4, -0.2) is 40.8 Å². The number of aromatic amines is 1. The van der Waals surface area contributed by atoms with Gasteiger partial charge in [-0.25, -0.2) is 0 Å². The third kappa shape index (κ3) is 2.71. The standard InChI is InChI=1S/C21H24N4/c1-14-19-12-17(4-7-20(19)24-23-14)15-2-5-18(6-3-15)22-21-13-25-10-8-16(21)9-11-25/h2-7,12,16,21-22H,8-11,13H2,1H3,(H,23,24). The van der Waals surface area contributed by atoms with Gasteiger partial charge in [0.05, 0.1) is 5.52 Å². The van der Waals surface area contributed by atoms with E-state index >= 15 is 0 Å². The molecule has 2 aromatic carbocycles. The SMILES string of the molecule is Cc1[nH]nc2ccc(-c3ccc(NC4CN5CCC4CC5)cc3)cc12. The number of anilines is 1. The van der Waals surface area contributed by atoms with Gasteiger partial charge >= 0.3 is 0 Å². The van der Waals surface area contributed by atoms with E-state index in [0.717, 1.165) is 17.1 Å². The van der Waals surface area contributed by atoms with Crippen LogP contribution in [0.1, 0.15) is 18.5 Å². The summed E-state index contributed by atoms with van der Waals surface area (Å²) in [6.45, 7) is 5.85. The number of hydrogen-bond donors (Lipinski definition) is 2. The molecule has 1 unspecified atom stereocenters. The lowest BCUT2D eigenvalue weighted by molar-refractivity contribution is 0.0975. The first kappa shape index (κ1) is 15.0. The molecule has 4 heterocycles. The van der Waals surface area contributed by atoms with Crippen LogP contribution in [0.3, 0.4) is 0 Å². The van der Waals surface area contributed by atoms with Crippen molar-refractivity contribution in [2.24, 2.45) is 5.92 Å². The quantitative estimate of drug-likeness (QED) is 0.761. The number of fused-ring (bicyclic) bond motifs is 4. The third-order valence-electron chi connectivity index (χ3n) is 5.97. The molecule has 3 fully saturated rings. The highest BCUT2D eigenvalue weighted by Gasteiger charge is 2.33. The van der Waals surface area contributed by atoms with Gasteiger partial charge in [0.15, 0.2) is 0 Å². The van der Waals surface area contributed by atoms with Crippen LogP contribution in [0.2, 0.25) is 0 Å². The molecule has 4 heteroatoms. The average Bonchev–Trinajstić information content (AvgIpc) is 3.04. The minimum Gasteiger partial charge on any atom is -0.381 e. The van der Waals surface area contributed by atoms with Crippen molar-refractivity contribution in [2.75, 3.05) is 25.0 Å². The summed E-state index contributed by atoms with van der Waals surface area (Å²) in [5.41, 5.74) is 5.88. The summed E-state index contributed by atoms with van der Waals surface area (Å²) in [6.07, 6.45) is 2.69. The molecule has 3 aromatic rings. The largest absolute Gasteiger partial charge is 0.381 e. The predicted molar refractivity (Wildman–Crippen MR) is 103 cm³/mol. The Morgan fingerprint density at radius 3 is 2.52 bits per heavy atom. The molecular formula is C21H24N4. The van der Waals surface area contributed by atoms with Gasteiger partial charge in [-0.05, 0) is 74.2 Å². The minimum atomic E-state index is 0.610. The zero-order valence-corrected chi connectivity index (χ0v) is 14.6. The van der Waals surface area contributed by atoms with Crippen molar-refractivity contribution in [1.29, 1.82) is 0 Å². The lowest BCUT2D eigenvalue weighted by atomic mass is 9.84. The van der Waals surface area contributed by atoms with Crippen LogP contribution < -0.4 is 5.32 Å². The summed E-state index contributed by atoms with van der Waals surface area (Å²) in [6, 6.07) is 16.0. The van der Waals surface area contributed by atoms with E-state index < -0.39 is 0 Å². The van der Waals surface area contributed by atoms with Crippen molar-refractivity contribution in [3.8, 4) is 11.1 Å². The monoisotopic (exact) mass is 332 g/mol.